The molecular formula is C10H18N4OS. The zero-order valence-electron chi connectivity index (χ0n) is 9.62. The maximum absolute atomic E-state index is 5.35. The lowest BCUT2D eigenvalue weighted by Gasteiger charge is -2.08. The van der Waals surface area contributed by atoms with Crippen LogP contribution in [-0.4, -0.2) is 26.2 Å². The fourth-order valence-corrected chi connectivity index (χ4v) is 1.99. The minimum Gasteiger partial charge on any atom is -0.383 e. The van der Waals surface area contributed by atoms with Gasteiger partial charge in [0.2, 0.25) is 5.96 Å². The van der Waals surface area contributed by atoms with Crippen LogP contribution < -0.4 is 16.6 Å². The maximum atomic E-state index is 5.35. The van der Waals surface area contributed by atoms with E-state index in [4.69, 9.17) is 10.6 Å². The molecule has 1 aromatic rings. The molecule has 0 aliphatic rings. The summed E-state index contributed by atoms with van der Waals surface area (Å²) in [5.74, 6) is 5.94. The first-order chi connectivity index (χ1) is 7.77. The highest BCUT2D eigenvalue weighted by atomic mass is 32.1. The molecule has 6 heteroatoms. The minimum absolute atomic E-state index is 0.586. The molecule has 90 valence electrons. The van der Waals surface area contributed by atoms with E-state index in [0.29, 0.717) is 25.7 Å². The van der Waals surface area contributed by atoms with E-state index in [1.165, 1.54) is 11.1 Å². The summed E-state index contributed by atoms with van der Waals surface area (Å²) in [6, 6.07) is 0. The van der Waals surface area contributed by atoms with Crippen LogP contribution >= 0.6 is 11.3 Å². The number of methoxy groups -OCH3 is 1. The van der Waals surface area contributed by atoms with Gasteiger partial charge in [-0.3, -0.25) is 5.43 Å². The van der Waals surface area contributed by atoms with Crippen molar-refractivity contribution in [1.82, 2.24) is 10.7 Å². The monoisotopic (exact) mass is 242 g/mol. The summed E-state index contributed by atoms with van der Waals surface area (Å²) >= 11 is 1.69. The molecule has 0 aromatic carbocycles. The second-order valence-corrected chi connectivity index (χ2v) is 4.05. The van der Waals surface area contributed by atoms with Gasteiger partial charge in [-0.05, 0) is 28.8 Å². The Morgan fingerprint density at radius 3 is 2.94 bits per heavy atom. The predicted octanol–water partition coefficient (Wildman–Crippen LogP) is 0.612. The number of nitrogens with one attached hydrogen (secondary N) is 2. The second-order valence-electron chi connectivity index (χ2n) is 3.31. The van der Waals surface area contributed by atoms with Crippen LogP contribution in [-0.2, 0) is 11.3 Å². The van der Waals surface area contributed by atoms with Gasteiger partial charge in [-0.2, -0.15) is 11.3 Å². The minimum atomic E-state index is 0.586. The summed E-state index contributed by atoms with van der Waals surface area (Å²) in [5, 5.41) is 7.25. The molecule has 0 unspecified atom stereocenters. The Balaban J connectivity index is 2.43. The molecule has 0 aliphatic carbocycles. The highest BCUT2D eigenvalue weighted by molar-refractivity contribution is 7.08. The molecular weight excluding hydrogens is 224 g/mol. The predicted molar refractivity (Wildman–Crippen MR) is 67.4 cm³/mol. The SMILES string of the molecule is COCCNC(=NCc1cscc1C)NN. The van der Waals surface area contributed by atoms with Gasteiger partial charge >= 0.3 is 0 Å². The molecule has 0 spiro atoms. The normalized spacial score (nSPS) is 11.6. The molecule has 1 heterocycles. The zero-order valence-corrected chi connectivity index (χ0v) is 10.4. The summed E-state index contributed by atoms with van der Waals surface area (Å²) in [7, 11) is 1.66. The van der Waals surface area contributed by atoms with Gasteiger partial charge < -0.3 is 10.1 Å². The Labute approximate surface area is 99.7 Å². The van der Waals surface area contributed by atoms with Gasteiger partial charge in [-0.15, -0.1) is 0 Å². The molecule has 0 saturated carbocycles. The second kappa shape index (κ2) is 7.21. The van der Waals surface area contributed by atoms with Crippen molar-refractivity contribution < 1.29 is 4.74 Å². The number of hydrogen-bond acceptors (Lipinski definition) is 4. The summed E-state index contributed by atoms with van der Waals surface area (Å²) in [4.78, 5) is 4.34. The van der Waals surface area contributed by atoms with Crippen LogP contribution in [0.2, 0.25) is 0 Å². The van der Waals surface area contributed by atoms with Gasteiger partial charge in [-0.1, -0.05) is 0 Å². The van der Waals surface area contributed by atoms with Gasteiger partial charge in [0.05, 0.1) is 13.2 Å². The highest BCUT2D eigenvalue weighted by Gasteiger charge is 1.99. The molecule has 0 bridgehead atoms. The van der Waals surface area contributed by atoms with E-state index in [0.717, 1.165) is 0 Å². The number of ether oxygens (including phenoxy) is 1. The third kappa shape index (κ3) is 4.18. The Morgan fingerprint density at radius 1 is 1.56 bits per heavy atom. The average molecular weight is 242 g/mol. The molecule has 5 nitrogen and oxygen atoms in total. The van der Waals surface area contributed by atoms with E-state index in [1.807, 2.05) is 0 Å². The lowest BCUT2D eigenvalue weighted by atomic mass is 10.2. The fourth-order valence-electron chi connectivity index (χ4n) is 1.14. The lowest BCUT2D eigenvalue weighted by Crippen LogP contribution is -2.42. The van der Waals surface area contributed by atoms with Gasteiger partial charge in [0.25, 0.3) is 0 Å². The molecule has 0 amide bonds. The maximum Gasteiger partial charge on any atom is 0.206 e. The van der Waals surface area contributed by atoms with Crippen molar-refractivity contribution in [1.29, 1.82) is 0 Å². The van der Waals surface area contributed by atoms with Gasteiger partial charge in [0.15, 0.2) is 0 Å². The van der Waals surface area contributed by atoms with Crippen molar-refractivity contribution in [2.24, 2.45) is 10.8 Å². The smallest absolute Gasteiger partial charge is 0.206 e. The number of hydrogen-bond donors (Lipinski definition) is 3. The van der Waals surface area contributed by atoms with Gasteiger partial charge in [-0.25, -0.2) is 10.8 Å². The first-order valence-electron chi connectivity index (χ1n) is 5.03. The van der Waals surface area contributed by atoms with Crippen LogP contribution in [0.5, 0.6) is 0 Å². The number of rotatable bonds is 5. The van der Waals surface area contributed by atoms with Crippen molar-refractivity contribution in [3.05, 3.63) is 21.9 Å². The van der Waals surface area contributed by atoms with Crippen molar-refractivity contribution in [3.63, 3.8) is 0 Å². The van der Waals surface area contributed by atoms with E-state index in [9.17, 15) is 0 Å². The van der Waals surface area contributed by atoms with Crippen molar-refractivity contribution >= 4 is 17.3 Å². The van der Waals surface area contributed by atoms with E-state index in [-0.39, 0.29) is 0 Å². The van der Waals surface area contributed by atoms with Crippen LogP contribution in [0.1, 0.15) is 11.1 Å². The van der Waals surface area contributed by atoms with Crippen molar-refractivity contribution in [2.45, 2.75) is 13.5 Å². The Kier molecular flexibility index (Phi) is 5.84. The first-order valence-corrected chi connectivity index (χ1v) is 5.97. The highest BCUT2D eigenvalue weighted by Crippen LogP contribution is 2.14. The van der Waals surface area contributed by atoms with Gasteiger partial charge in [0, 0.05) is 13.7 Å². The number of aryl methyl sites for hydroxylation is 1. The number of guanidine groups is 1. The number of hydrazine groups is 1. The van der Waals surface area contributed by atoms with E-state index in [1.54, 1.807) is 18.4 Å². The molecule has 1 rings (SSSR count). The molecule has 16 heavy (non-hydrogen) atoms. The zero-order chi connectivity index (χ0) is 11.8. The molecule has 1 aromatic heterocycles. The molecule has 4 N–H and O–H groups in total. The number of thiophene rings is 1. The van der Waals surface area contributed by atoms with E-state index < -0.39 is 0 Å². The molecule has 0 atom stereocenters. The molecule has 0 saturated heterocycles. The average Bonchev–Trinajstić information content (AvgIpc) is 2.69. The summed E-state index contributed by atoms with van der Waals surface area (Å²) in [5.41, 5.74) is 5.02. The van der Waals surface area contributed by atoms with E-state index >= 15 is 0 Å². The Bertz CT molecular complexity index is 337. The third-order valence-corrected chi connectivity index (χ3v) is 3.01. The molecule has 0 aliphatic heterocycles. The van der Waals surface area contributed by atoms with Gasteiger partial charge in [0.1, 0.15) is 0 Å². The largest absolute Gasteiger partial charge is 0.383 e. The number of nitrogens with two attached hydrogens (primary N) is 1. The van der Waals surface area contributed by atoms with Crippen LogP contribution in [0.15, 0.2) is 15.8 Å². The fraction of sp³-hybridized carbons (Fsp3) is 0.500. The number of aliphatic imine (C=N–C) groups is 1. The van der Waals surface area contributed by atoms with Crippen LogP contribution in [0, 0.1) is 6.92 Å². The topological polar surface area (TPSA) is 71.7 Å². The quantitative estimate of drug-likeness (QED) is 0.233. The summed E-state index contributed by atoms with van der Waals surface area (Å²) < 4.78 is 4.92. The summed E-state index contributed by atoms with van der Waals surface area (Å²) in [6.45, 7) is 4.02. The van der Waals surface area contributed by atoms with Crippen LogP contribution in [0.3, 0.4) is 0 Å². The van der Waals surface area contributed by atoms with E-state index in [2.05, 4.69) is 33.4 Å². The molecule has 0 radical (unpaired) electrons. The standard InChI is InChI=1S/C10H18N4OS/c1-8-6-16-7-9(8)5-13-10(14-11)12-3-4-15-2/h6-7H,3-5,11H2,1-2H3,(H2,12,13,14). The number of nitrogens with zero attached hydrogens (tertiary/aromatic N) is 1. The van der Waals surface area contributed by atoms with Crippen molar-refractivity contribution in [2.75, 3.05) is 20.3 Å². The van der Waals surface area contributed by atoms with Crippen molar-refractivity contribution in [3.8, 4) is 0 Å². The summed E-state index contributed by atoms with van der Waals surface area (Å²) in [6.07, 6.45) is 0. The lowest BCUT2D eigenvalue weighted by molar-refractivity contribution is 0.203. The third-order valence-electron chi connectivity index (χ3n) is 2.10. The molecule has 0 fully saturated rings. The Hall–Kier alpha value is -1.11. The van der Waals surface area contributed by atoms with Crippen LogP contribution in [0.25, 0.3) is 0 Å². The van der Waals surface area contributed by atoms with Crippen LogP contribution in [0.4, 0.5) is 0 Å². The first kappa shape index (κ1) is 13.0. The Morgan fingerprint density at radius 2 is 2.38 bits per heavy atom.